The molecule has 1 aromatic heterocycles. The molecule has 0 aliphatic carbocycles. The quantitative estimate of drug-likeness (QED) is 0.572. The van der Waals surface area contributed by atoms with Crippen LogP contribution < -0.4 is 11.0 Å². The number of benzene rings is 2. The van der Waals surface area contributed by atoms with E-state index in [1.54, 1.807) is 31.3 Å². The number of hydrogen-bond donors (Lipinski definition) is 2. The van der Waals surface area contributed by atoms with Gasteiger partial charge in [-0.05, 0) is 17.7 Å². The lowest BCUT2D eigenvalue weighted by atomic mass is 10.1. The Morgan fingerprint density at radius 2 is 1.79 bits per heavy atom. The Kier molecular flexibility index (Phi) is 4.11. The summed E-state index contributed by atoms with van der Waals surface area (Å²) in [5.74, 6) is -1.10. The maximum Gasteiger partial charge on any atom is 0.280 e. The molecule has 0 atom stereocenters. The standard InChI is InChI=1S/C18H15N3O3/c1-21-14-10-6-5-9-13(14)16(22)15(18(21)24)17(23)20-19-11-12-7-3-2-4-8-12/h2-11,22H,1H3,(H,20,23). The van der Waals surface area contributed by atoms with Crippen molar-refractivity contribution in [3.05, 3.63) is 76.1 Å². The molecule has 6 nitrogen and oxygen atoms in total. The Hall–Kier alpha value is -3.41. The number of carbonyl (C=O) groups excluding carboxylic acids is 1. The highest BCUT2D eigenvalue weighted by Gasteiger charge is 2.20. The van der Waals surface area contributed by atoms with Gasteiger partial charge >= 0.3 is 0 Å². The number of carbonyl (C=O) groups is 1. The Morgan fingerprint density at radius 1 is 1.12 bits per heavy atom. The highest BCUT2D eigenvalue weighted by molar-refractivity contribution is 6.02. The van der Waals surface area contributed by atoms with Gasteiger partial charge in [-0.2, -0.15) is 5.10 Å². The van der Waals surface area contributed by atoms with Crippen molar-refractivity contribution in [1.82, 2.24) is 9.99 Å². The maximum atomic E-state index is 12.4. The molecular weight excluding hydrogens is 306 g/mol. The van der Waals surface area contributed by atoms with Crippen LogP contribution in [0.25, 0.3) is 10.9 Å². The Balaban J connectivity index is 1.96. The van der Waals surface area contributed by atoms with Crippen LogP contribution in [-0.4, -0.2) is 21.8 Å². The molecule has 1 heterocycles. The fourth-order valence-corrected chi connectivity index (χ4v) is 2.44. The summed E-state index contributed by atoms with van der Waals surface area (Å²) >= 11 is 0. The SMILES string of the molecule is Cn1c(=O)c(C(=O)NN=Cc2ccccc2)c(O)c2ccccc21. The van der Waals surface area contributed by atoms with Crippen molar-refractivity contribution in [3.8, 4) is 5.75 Å². The average Bonchev–Trinajstić information content (AvgIpc) is 2.61. The van der Waals surface area contributed by atoms with E-state index in [2.05, 4.69) is 10.5 Å². The first-order valence-electron chi connectivity index (χ1n) is 7.28. The average molecular weight is 321 g/mol. The maximum absolute atomic E-state index is 12.4. The molecule has 0 saturated carbocycles. The van der Waals surface area contributed by atoms with Crippen LogP contribution in [0.15, 0.2) is 64.5 Å². The lowest BCUT2D eigenvalue weighted by molar-refractivity contribution is 0.0950. The number of nitrogens with zero attached hydrogens (tertiary/aromatic N) is 2. The molecule has 0 radical (unpaired) electrons. The number of aromatic hydroxyl groups is 1. The zero-order valence-corrected chi connectivity index (χ0v) is 12.9. The van der Waals surface area contributed by atoms with Crippen molar-refractivity contribution in [2.24, 2.45) is 12.1 Å². The minimum absolute atomic E-state index is 0.332. The van der Waals surface area contributed by atoms with E-state index in [9.17, 15) is 14.7 Å². The molecular formula is C18H15N3O3. The van der Waals surface area contributed by atoms with Crippen LogP contribution in [0.2, 0.25) is 0 Å². The van der Waals surface area contributed by atoms with Gasteiger partial charge < -0.3 is 9.67 Å². The highest BCUT2D eigenvalue weighted by atomic mass is 16.3. The Labute approximate surface area is 137 Å². The summed E-state index contributed by atoms with van der Waals surface area (Å²) in [7, 11) is 1.55. The predicted molar refractivity (Wildman–Crippen MR) is 92.4 cm³/mol. The second-order valence-corrected chi connectivity index (χ2v) is 5.21. The van der Waals surface area contributed by atoms with Crippen molar-refractivity contribution in [3.63, 3.8) is 0 Å². The molecule has 0 aliphatic heterocycles. The summed E-state index contributed by atoms with van der Waals surface area (Å²) < 4.78 is 1.32. The van der Waals surface area contributed by atoms with E-state index in [0.717, 1.165) is 5.56 Å². The Bertz CT molecular complexity index is 992. The number of pyridine rings is 1. The van der Waals surface area contributed by atoms with Gasteiger partial charge in [-0.15, -0.1) is 0 Å². The molecule has 24 heavy (non-hydrogen) atoms. The van der Waals surface area contributed by atoms with Crippen molar-refractivity contribution in [2.75, 3.05) is 0 Å². The van der Waals surface area contributed by atoms with Gasteiger partial charge in [0.05, 0.1) is 11.7 Å². The molecule has 0 aliphatic rings. The van der Waals surface area contributed by atoms with Crippen LogP contribution in [0, 0.1) is 0 Å². The molecule has 0 unspecified atom stereocenters. The Morgan fingerprint density at radius 3 is 2.54 bits per heavy atom. The molecule has 3 aromatic rings. The van der Waals surface area contributed by atoms with E-state index in [0.29, 0.717) is 10.9 Å². The van der Waals surface area contributed by atoms with Crippen LogP contribution in [-0.2, 0) is 7.05 Å². The number of rotatable bonds is 3. The summed E-state index contributed by atoms with van der Waals surface area (Å²) in [6.07, 6.45) is 1.46. The molecule has 0 spiro atoms. The van der Waals surface area contributed by atoms with Crippen LogP contribution in [0.5, 0.6) is 5.75 Å². The first-order valence-corrected chi connectivity index (χ1v) is 7.28. The molecule has 2 aromatic carbocycles. The number of amides is 1. The van der Waals surface area contributed by atoms with E-state index in [-0.39, 0.29) is 11.3 Å². The number of para-hydroxylation sites is 1. The largest absolute Gasteiger partial charge is 0.506 e. The van der Waals surface area contributed by atoms with Gasteiger partial charge in [-0.25, -0.2) is 5.43 Å². The van der Waals surface area contributed by atoms with E-state index < -0.39 is 11.5 Å². The van der Waals surface area contributed by atoms with Crippen LogP contribution >= 0.6 is 0 Å². The molecule has 1 amide bonds. The normalized spacial score (nSPS) is 11.0. The lowest BCUT2D eigenvalue weighted by Crippen LogP contribution is -2.30. The smallest absolute Gasteiger partial charge is 0.280 e. The fourth-order valence-electron chi connectivity index (χ4n) is 2.44. The minimum atomic E-state index is -0.758. The van der Waals surface area contributed by atoms with E-state index in [1.165, 1.54) is 10.8 Å². The van der Waals surface area contributed by atoms with Crippen molar-refractivity contribution < 1.29 is 9.90 Å². The molecule has 2 N–H and O–H groups in total. The van der Waals surface area contributed by atoms with Gasteiger partial charge in [0.1, 0.15) is 11.3 Å². The minimum Gasteiger partial charge on any atom is -0.506 e. The van der Waals surface area contributed by atoms with Gasteiger partial charge in [0, 0.05) is 12.4 Å². The number of fused-ring (bicyclic) bond motifs is 1. The zero-order valence-electron chi connectivity index (χ0n) is 12.9. The zero-order chi connectivity index (χ0) is 17.1. The molecule has 120 valence electrons. The van der Waals surface area contributed by atoms with Gasteiger partial charge in [0.15, 0.2) is 0 Å². The summed E-state index contributed by atoms with van der Waals surface area (Å²) in [5, 5.41) is 14.6. The second-order valence-electron chi connectivity index (χ2n) is 5.21. The summed E-state index contributed by atoms with van der Waals surface area (Å²) in [5.41, 5.74) is 2.71. The van der Waals surface area contributed by atoms with Gasteiger partial charge in [-0.3, -0.25) is 9.59 Å². The molecule has 3 rings (SSSR count). The summed E-state index contributed by atoms with van der Waals surface area (Å²) in [4.78, 5) is 24.6. The topological polar surface area (TPSA) is 83.7 Å². The number of aromatic nitrogens is 1. The number of aryl methyl sites for hydroxylation is 1. The van der Waals surface area contributed by atoms with Gasteiger partial charge in [0.2, 0.25) is 0 Å². The van der Waals surface area contributed by atoms with Crippen molar-refractivity contribution in [1.29, 1.82) is 0 Å². The summed E-state index contributed by atoms with van der Waals surface area (Å²) in [6.45, 7) is 0. The second kappa shape index (κ2) is 6.37. The van der Waals surface area contributed by atoms with Crippen LogP contribution in [0.3, 0.4) is 0 Å². The summed E-state index contributed by atoms with van der Waals surface area (Å²) in [6, 6.07) is 16.0. The van der Waals surface area contributed by atoms with Gasteiger partial charge in [0.25, 0.3) is 11.5 Å². The van der Waals surface area contributed by atoms with E-state index in [1.807, 2.05) is 30.3 Å². The third kappa shape index (κ3) is 2.77. The van der Waals surface area contributed by atoms with Gasteiger partial charge in [-0.1, -0.05) is 42.5 Å². The molecule has 0 fully saturated rings. The first kappa shape index (κ1) is 15.5. The third-order valence-corrected chi connectivity index (χ3v) is 3.68. The fraction of sp³-hybridized carbons (Fsp3) is 0.0556. The van der Waals surface area contributed by atoms with Crippen LogP contribution in [0.4, 0.5) is 0 Å². The van der Waals surface area contributed by atoms with Crippen molar-refractivity contribution >= 4 is 23.0 Å². The number of hydrogen-bond acceptors (Lipinski definition) is 4. The van der Waals surface area contributed by atoms with Crippen molar-refractivity contribution in [2.45, 2.75) is 0 Å². The lowest BCUT2D eigenvalue weighted by Gasteiger charge is -2.10. The van der Waals surface area contributed by atoms with Crippen LogP contribution in [0.1, 0.15) is 15.9 Å². The first-order chi connectivity index (χ1) is 11.6. The number of nitrogens with one attached hydrogen (secondary N) is 1. The highest BCUT2D eigenvalue weighted by Crippen LogP contribution is 2.25. The number of hydrazone groups is 1. The monoisotopic (exact) mass is 321 g/mol. The molecule has 0 saturated heterocycles. The molecule has 0 bridgehead atoms. The third-order valence-electron chi connectivity index (χ3n) is 3.68. The molecule has 6 heteroatoms. The predicted octanol–water partition coefficient (Wildman–Crippen LogP) is 2.01. The van der Waals surface area contributed by atoms with E-state index in [4.69, 9.17) is 0 Å². The van der Waals surface area contributed by atoms with E-state index >= 15 is 0 Å².